The first-order valence-corrected chi connectivity index (χ1v) is 9.77. The highest BCUT2D eigenvalue weighted by Gasteiger charge is 2.48. The number of nitrogens with zero attached hydrogens (tertiary/aromatic N) is 2. The summed E-state index contributed by atoms with van der Waals surface area (Å²) in [5.41, 5.74) is 2.92. The molecule has 0 radical (unpaired) electrons. The monoisotopic (exact) mass is 418 g/mol. The highest BCUT2D eigenvalue weighted by molar-refractivity contribution is 6.51. The summed E-state index contributed by atoms with van der Waals surface area (Å²) in [7, 11) is 1.56. The minimum Gasteiger partial charge on any atom is -0.507 e. The molecule has 0 spiro atoms. The predicted molar refractivity (Wildman–Crippen MR) is 115 cm³/mol. The van der Waals surface area contributed by atoms with E-state index in [2.05, 4.69) is 5.16 Å². The van der Waals surface area contributed by atoms with Crippen molar-refractivity contribution in [3.05, 3.63) is 82.1 Å². The van der Waals surface area contributed by atoms with Gasteiger partial charge in [0.15, 0.2) is 5.82 Å². The van der Waals surface area contributed by atoms with Gasteiger partial charge in [0, 0.05) is 11.6 Å². The molecule has 4 rings (SSSR count). The lowest BCUT2D eigenvalue weighted by Crippen LogP contribution is -2.29. The second-order valence-corrected chi connectivity index (χ2v) is 7.56. The Hall–Kier alpha value is -3.87. The summed E-state index contributed by atoms with van der Waals surface area (Å²) in [5, 5.41) is 15.1. The van der Waals surface area contributed by atoms with Crippen molar-refractivity contribution >= 4 is 23.3 Å². The van der Waals surface area contributed by atoms with Gasteiger partial charge < -0.3 is 14.4 Å². The van der Waals surface area contributed by atoms with Gasteiger partial charge in [0.25, 0.3) is 5.78 Å². The first-order chi connectivity index (χ1) is 14.8. The SMILES string of the molecule is COc1ccc(C(O)=C2C(=O)C(=O)N(c3cc(C)on3)[C@@H]2c2ccc(C)cc2)cc1C. The Kier molecular flexibility index (Phi) is 5.10. The fourth-order valence-electron chi connectivity index (χ4n) is 3.78. The van der Waals surface area contributed by atoms with Gasteiger partial charge in [-0.05, 0) is 50.1 Å². The number of hydrogen-bond donors (Lipinski definition) is 1. The molecule has 1 saturated heterocycles. The molecule has 0 bridgehead atoms. The van der Waals surface area contributed by atoms with E-state index in [9.17, 15) is 14.7 Å². The number of hydrogen-bond acceptors (Lipinski definition) is 6. The molecule has 1 atom stereocenters. The fourth-order valence-corrected chi connectivity index (χ4v) is 3.78. The van der Waals surface area contributed by atoms with E-state index in [1.54, 1.807) is 38.3 Å². The van der Waals surface area contributed by atoms with E-state index in [0.29, 0.717) is 22.6 Å². The highest BCUT2D eigenvalue weighted by atomic mass is 16.5. The van der Waals surface area contributed by atoms with E-state index < -0.39 is 17.7 Å². The summed E-state index contributed by atoms with van der Waals surface area (Å²) < 4.78 is 10.4. The van der Waals surface area contributed by atoms with E-state index in [1.807, 2.05) is 38.1 Å². The third-order valence-electron chi connectivity index (χ3n) is 5.37. The first kappa shape index (κ1) is 20.4. The van der Waals surface area contributed by atoms with Gasteiger partial charge in [0.1, 0.15) is 17.3 Å². The van der Waals surface area contributed by atoms with Crippen molar-refractivity contribution in [2.45, 2.75) is 26.8 Å². The summed E-state index contributed by atoms with van der Waals surface area (Å²) in [6.07, 6.45) is 0. The van der Waals surface area contributed by atoms with Crippen LogP contribution in [0.2, 0.25) is 0 Å². The number of aryl methyl sites for hydroxylation is 3. The number of Topliss-reactive ketones (excluding diaryl/α,β-unsaturated/α-hetero) is 1. The summed E-state index contributed by atoms with van der Waals surface area (Å²) in [4.78, 5) is 27.4. The number of aliphatic hydroxyl groups excluding tert-OH is 1. The summed E-state index contributed by atoms with van der Waals surface area (Å²) >= 11 is 0. The molecule has 0 aliphatic carbocycles. The third kappa shape index (κ3) is 3.48. The Morgan fingerprint density at radius 3 is 2.35 bits per heavy atom. The van der Waals surface area contributed by atoms with E-state index in [0.717, 1.165) is 11.1 Å². The molecule has 1 aromatic heterocycles. The molecule has 1 N–H and O–H groups in total. The highest BCUT2D eigenvalue weighted by Crippen LogP contribution is 2.42. The second kappa shape index (κ2) is 7.75. The molecule has 1 fully saturated rings. The number of rotatable bonds is 4. The zero-order valence-electron chi connectivity index (χ0n) is 17.7. The molecule has 1 amide bonds. The van der Waals surface area contributed by atoms with E-state index in [4.69, 9.17) is 9.26 Å². The van der Waals surface area contributed by atoms with Crippen molar-refractivity contribution < 1.29 is 24.0 Å². The van der Waals surface area contributed by atoms with Gasteiger partial charge in [-0.25, -0.2) is 0 Å². The number of ketones is 1. The van der Waals surface area contributed by atoms with Crippen LogP contribution in [0.3, 0.4) is 0 Å². The molecule has 2 aromatic carbocycles. The average molecular weight is 418 g/mol. The average Bonchev–Trinajstić information content (AvgIpc) is 3.29. The molecule has 158 valence electrons. The van der Waals surface area contributed by atoms with Crippen molar-refractivity contribution in [2.75, 3.05) is 12.0 Å². The van der Waals surface area contributed by atoms with Crippen LogP contribution < -0.4 is 9.64 Å². The number of methoxy groups -OCH3 is 1. The fraction of sp³-hybridized carbons (Fsp3) is 0.208. The number of carbonyl (C=O) groups is 2. The molecular weight excluding hydrogens is 396 g/mol. The van der Waals surface area contributed by atoms with Crippen LogP contribution in [-0.4, -0.2) is 29.1 Å². The van der Waals surface area contributed by atoms with Crippen LogP contribution in [-0.2, 0) is 9.59 Å². The van der Waals surface area contributed by atoms with Gasteiger partial charge in [-0.3, -0.25) is 14.5 Å². The Balaban J connectivity index is 1.93. The third-order valence-corrected chi connectivity index (χ3v) is 5.37. The first-order valence-electron chi connectivity index (χ1n) is 9.77. The number of aliphatic hydroxyl groups is 1. The van der Waals surface area contributed by atoms with Gasteiger partial charge in [-0.2, -0.15) is 0 Å². The zero-order chi connectivity index (χ0) is 22.3. The summed E-state index contributed by atoms with van der Waals surface area (Å²) in [6, 6.07) is 13.3. The second-order valence-electron chi connectivity index (χ2n) is 7.56. The summed E-state index contributed by atoms with van der Waals surface area (Å²) in [6.45, 7) is 5.49. The van der Waals surface area contributed by atoms with Crippen LogP contribution >= 0.6 is 0 Å². The topological polar surface area (TPSA) is 92.9 Å². The molecule has 3 aromatic rings. The van der Waals surface area contributed by atoms with Crippen LogP contribution in [0.25, 0.3) is 5.76 Å². The number of carbonyl (C=O) groups excluding carboxylic acids is 2. The van der Waals surface area contributed by atoms with Crippen molar-refractivity contribution in [1.29, 1.82) is 0 Å². The molecule has 31 heavy (non-hydrogen) atoms. The van der Waals surface area contributed by atoms with Crippen LogP contribution in [0.5, 0.6) is 5.75 Å². The van der Waals surface area contributed by atoms with Crippen molar-refractivity contribution in [1.82, 2.24) is 5.16 Å². The minimum absolute atomic E-state index is 0.000858. The predicted octanol–water partition coefficient (Wildman–Crippen LogP) is 4.23. The lowest BCUT2D eigenvalue weighted by molar-refractivity contribution is -0.132. The number of benzene rings is 2. The minimum atomic E-state index is -0.840. The van der Waals surface area contributed by atoms with Crippen molar-refractivity contribution in [3.63, 3.8) is 0 Å². The lowest BCUT2D eigenvalue weighted by Gasteiger charge is -2.23. The molecule has 0 saturated carbocycles. The van der Waals surface area contributed by atoms with E-state index in [1.165, 1.54) is 4.90 Å². The van der Waals surface area contributed by atoms with Gasteiger partial charge >= 0.3 is 5.91 Å². The largest absolute Gasteiger partial charge is 0.507 e. The van der Waals surface area contributed by atoms with Crippen LogP contribution in [0.4, 0.5) is 5.82 Å². The van der Waals surface area contributed by atoms with Gasteiger partial charge in [0.2, 0.25) is 0 Å². The standard InChI is InChI=1S/C24H22N2O5/c1-13-5-7-16(8-6-13)21-20(22(27)17-9-10-18(30-4)14(2)11-17)23(28)24(29)26(21)19-12-15(3)31-25-19/h5-12,21,27H,1-4H3/t21-/m1/s1. The zero-order valence-corrected chi connectivity index (χ0v) is 17.7. The molecule has 1 aliphatic heterocycles. The molecule has 7 heteroatoms. The maximum absolute atomic E-state index is 13.1. The van der Waals surface area contributed by atoms with Crippen molar-refractivity contribution in [3.8, 4) is 5.75 Å². The van der Waals surface area contributed by atoms with E-state index in [-0.39, 0.29) is 17.2 Å². The van der Waals surface area contributed by atoms with Gasteiger partial charge in [-0.15, -0.1) is 0 Å². The molecular formula is C24H22N2O5. The van der Waals surface area contributed by atoms with Crippen molar-refractivity contribution in [2.24, 2.45) is 0 Å². The molecule has 1 aliphatic rings. The molecule has 2 heterocycles. The van der Waals surface area contributed by atoms with Gasteiger partial charge in [0.05, 0.1) is 18.7 Å². The maximum atomic E-state index is 13.1. The number of ether oxygens (including phenoxy) is 1. The molecule has 0 unspecified atom stereocenters. The summed E-state index contributed by atoms with van der Waals surface area (Å²) in [5.74, 6) is -0.425. The van der Waals surface area contributed by atoms with Crippen LogP contribution in [0.1, 0.15) is 34.1 Å². The number of anilines is 1. The normalized spacial score (nSPS) is 17.9. The Morgan fingerprint density at radius 2 is 1.77 bits per heavy atom. The number of amides is 1. The van der Waals surface area contributed by atoms with Crippen LogP contribution in [0, 0.1) is 20.8 Å². The maximum Gasteiger partial charge on any atom is 0.301 e. The van der Waals surface area contributed by atoms with Crippen LogP contribution in [0.15, 0.2) is 58.6 Å². The number of aromatic nitrogens is 1. The van der Waals surface area contributed by atoms with Gasteiger partial charge in [-0.1, -0.05) is 35.0 Å². The Labute approximate surface area is 179 Å². The Morgan fingerprint density at radius 1 is 1.06 bits per heavy atom. The van der Waals surface area contributed by atoms with E-state index >= 15 is 0 Å². The quantitative estimate of drug-likeness (QED) is 0.387. The molecule has 7 nitrogen and oxygen atoms in total. The lowest BCUT2D eigenvalue weighted by atomic mass is 9.94. The Bertz CT molecular complexity index is 1210. The smallest absolute Gasteiger partial charge is 0.301 e.